The van der Waals surface area contributed by atoms with Gasteiger partial charge in [0.2, 0.25) is 0 Å². The van der Waals surface area contributed by atoms with Crippen molar-refractivity contribution in [3.63, 3.8) is 0 Å². The third kappa shape index (κ3) is 1.57. The van der Waals surface area contributed by atoms with Gasteiger partial charge in [0, 0.05) is 5.57 Å². The number of carboxylic acid groups (broad SMARTS) is 1. The van der Waals surface area contributed by atoms with Crippen LogP contribution in [0.2, 0.25) is 0 Å². The monoisotopic (exact) mass is 179 g/mol. The van der Waals surface area contributed by atoms with Crippen molar-refractivity contribution in [2.75, 3.05) is 0 Å². The average Bonchev–Trinajstić information content (AvgIpc) is 2.53. The first-order valence-corrected chi connectivity index (χ1v) is 4.22. The summed E-state index contributed by atoms with van der Waals surface area (Å²) < 4.78 is 0. The van der Waals surface area contributed by atoms with E-state index in [0.29, 0.717) is 5.57 Å². The van der Waals surface area contributed by atoms with Gasteiger partial charge in [0.1, 0.15) is 0 Å². The molecular formula is C10H13NO2. The summed E-state index contributed by atoms with van der Waals surface area (Å²) in [6.45, 7) is 5.53. The molecule has 1 fully saturated rings. The van der Waals surface area contributed by atoms with Crippen molar-refractivity contribution in [2.45, 2.75) is 20.8 Å². The Hall–Kier alpha value is -1.30. The zero-order valence-electron chi connectivity index (χ0n) is 8.03. The van der Waals surface area contributed by atoms with E-state index in [1.807, 2.05) is 19.9 Å². The van der Waals surface area contributed by atoms with Gasteiger partial charge in [-0.25, -0.2) is 0 Å². The minimum atomic E-state index is -0.767. The van der Waals surface area contributed by atoms with Crippen LogP contribution in [0.25, 0.3) is 0 Å². The standard InChI is InChI=1S/C10H13NO2/c1-6(5-11)4-7-8(9(12)13)10(7,2)3/h4,7-8H,1-3H3,(H,12,13)/b6-4-/t7-,8-/m0/s1. The van der Waals surface area contributed by atoms with Crippen LogP contribution in [0.3, 0.4) is 0 Å². The Kier molecular flexibility index (Phi) is 2.17. The molecule has 0 unspecified atom stereocenters. The van der Waals surface area contributed by atoms with E-state index < -0.39 is 5.97 Å². The van der Waals surface area contributed by atoms with Crippen LogP contribution in [0.1, 0.15) is 20.8 Å². The van der Waals surface area contributed by atoms with E-state index in [0.717, 1.165) is 0 Å². The Morgan fingerprint density at radius 2 is 2.15 bits per heavy atom. The molecule has 1 rings (SSSR count). The fraction of sp³-hybridized carbons (Fsp3) is 0.600. The van der Waals surface area contributed by atoms with Gasteiger partial charge in [-0.15, -0.1) is 0 Å². The van der Waals surface area contributed by atoms with Crippen molar-refractivity contribution in [1.82, 2.24) is 0 Å². The number of rotatable bonds is 2. The number of carbonyl (C=O) groups is 1. The molecule has 3 heteroatoms. The summed E-state index contributed by atoms with van der Waals surface area (Å²) in [5.74, 6) is -1.07. The second-order valence-electron chi connectivity index (χ2n) is 4.12. The predicted molar refractivity (Wildman–Crippen MR) is 47.8 cm³/mol. The lowest BCUT2D eigenvalue weighted by molar-refractivity contribution is -0.139. The van der Waals surface area contributed by atoms with Gasteiger partial charge >= 0.3 is 5.97 Å². The lowest BCUT2D eigenvalue weighted by atomic mass is 10.1. The summed E-state index contributed by atoms with van der Waals surface area (Å²) in [6, 6.07) is 2.00. The molecule has 0 radical (unpaired) electrons. The first-order chi connectivity index (χ1) is 5.91. The number of nitriles is 1. The van der Waals surface area contributed by atoms with Crippen molar-refractivity contribution in [2.24, 2.45) is 17.3 Å². The number of aliphatic carboxylic acids is 1. The molecule has 1 aliphatic rings. The highest BCUT2D eigenvalue weighted by atomic mass is 16.4. The lowest BCUT2D eigenvalue weighted by Crippen LogP contribution is -2.03. The van der Waals surface area contributed by atoms with Crippen molar-refractivity contribution in [3.8, 4) is 6.07 Å². The minimum Gasteiger partial charge on any atom is -0.481 e. The first-order valence-electron chi connectivity index (χ1n) is 4.22. The third-order valence-corrected chi connectivity index (χ3v) is 2.78. The average molecular weight is 179 g/mol. The van der Waals surface area contributed by atoms with Gasteiger partial charge in [0.05, 0.1) is 12.0 Å². The van der Waals surface area contributed by atoms with E-state index in [-0.39, 0.29) is 17.3 Å². The maximum Gasteiger partial charge on any atom is 0.307 e. The number of nitrogens with zero attached hydrogens (tertiary/aromatic N) is 1. The van der Waals surface area contributed by atoms with Crippen LogP contribution in [-0.4, -0.2) is 11.1 Å². The van der Waals surface area contributed by atoms with Crippen LogP contribution in [0.4, 0.5) is 0 Å². The summed E-state index contributed by atoms with van der Waals surface area (Å²) in [5, 5.41) is 17.4. The first kappa shape index (κ1) is 9.79. The highest BCUT2D eigenvalue weighted by Crippen LogP contribution is 2.59. The van der Waals surface area contributed by atoms with E-state index in [9.17, 15) is 4.79 Å². The van der Waals surface area contributed by atoms with Gasteiger partial charge in [0.15, 0.2) is 0 Å². The fourth-order valence-corrected chi connectivity index (χ4v) is 1.77. The Bertz CT molecular complexity index is 309. The number of carboxylic acids is 1. The second-order valence-corrected chi connectivity index (χ2v) is 4.12. The zero-order chi connectivity index (χ0) is 10.2. The van der Waals surface area contributed by atoms with Gasteiger partial charge in [-0.1, -0.05) is 19.9 Å². The van der Waals surface area contributed by atoms with Gasteiger partial charge in [-0.05, 0) is 18.3 Å². The van der Waals surface area contributed by atoms with Crippen molar-refractivity contribution in [1.29, 1.82) is 5.26 Å². The molecule has 1 saturated carbocycles. The maximum absolute atomic E-state index is 10.7. The topological polar surface area (TPSA) is 61.1 Å². The van der Waals surface area contributed by atoms with Crippen molar-refractivity contribution < 1.29 is 9.90 Å². The molecule has 0 amide bonds. The molecule has 13 heavy (non-hydrogen) atoms. The summed E-state index contributed by atoms with van der Waals surface area (Å²) in [4.78, 5) is 10.7. The van der Waals surface area contributed by atoms with Crippen molar-refractivity contribution >= 4 is 5.97 Å². The lowest BCUT2D eigenvalue weighted by Gasteiger charge is -1.96. The van der Waals surface area contributed by atoms with E-state index in [2.05, 4.69) is 0 Å². The van der Waals surface area contributed by atoms with Crippen LogP contribution < -0.4 is 0 Å². The smallest absolute Gasteiger partial charge is 0.307 e. The SMILES string of the molecule is C/C(C#N)=C/[C@H]1[C@@H](C(=O)O)C1(C)C. The number of hydrogen-bond donors (Lipinski definition) is 1. The van der Waals surface area contributed by atoms with E-state index in [4.69, 9.17) is 10.4 Å². The number of hydrogen-bond acceptors (Lipinski definition) is 2. The molecule has 0 aliphatic heterocycles. The molecule has 3 nitrogen and oxygen atoms in total. The largest absolute Gasteiger partial charge is 0.481 e. The molecule has 2 atom stereocenters. The molecule has 0 aromatic carbocycles. The summed E-state index contributed by atoms with van der Waals surface area (Å²) >= 11 is 0. The molecule has 1 N–H and O–H groups in total. The summed E-state index contributed by atoms with van der Waals surface area (Å²) in [7, 11) is 0. The second kappa shape index (κ2) is 2.88. The molecule has 0 heterocycles. The highest BCUT2D eigenvalue weighted by molar-refractivity contribution is 5.76. The van der Waals surface area contributed by atoms with Gasteiger partial charge in [0.25, 0.3) is 0 Å². The van der Waals surface area contributed by atoms with E-state index >= 15 is 0 Å². The van der Waals surface area contributed by atoms with Gasteiger partial charge in [-0.2, -0.15) is 5.26 Å². The molecule has 0 saturated heterocycles. The van der Waals surface area contributed by atoms with Gasteiger partial charge < -0.3 is 5.11 Å². The number of allylic oxidation sites excluding steroid dienone is 2. The van der Waals surface area contributed by atoms with E-state index in [1.165, 1.54) is 0 Å². The van der Waals surface area contributed by atoms with Crippen LogP contribution in [0, 0.1) is 28.6 Å². The molecule has 1 aliphatic carbocycles. The van der Waals surface area contributed by atoms with Crippen molar-refractivity contribution in [3.05, 3.63) is 11.6 Å². The highest BCUT2D eigenvalue weighted by Gasteiger charge is 2.60. The molecular weight excluding hydrogens is 166 g/mol. The quantitative estimate of drug-likeness (QED) is 0.657. The Morgan fingerprint density at radius 1 is 1.62 bits per heavy atom. The van der Waals surface area contributed by atoms with Crippen LogP contribution >= 0.6 is 0 Å². The molecule has 0 aromatic heterocycles. The molecule has 0 aromatic rings. The maximum atomic E-state index is 10.7. The van der Waals surface area contributed by atoms with E-state index in [1.54, 1.807) is 13.0 Å². The predicted octanol–water partition coefficient (Wildman–Crippen LogP) is 1.81. The summed E-state index contributed by atoms with van der Waals surface area (Å²) in [5.41, 5.74) is 0.408. The third-order valence-electron chi connectivity index (χ3n) is 2.78. The Labute approximate surface area is 77.7 Å². The zero-order valence-corrected chi connectivity index (χ0v) is 8.03. The fourth-order valence-electron chi connectivity index (χ4n) is 1.77. The molecule has 0 bridgehead atoms. The van der Waals surface area contributed by atoms with Crippen LogP contribution in [0.5, 0.6) is 0 Å². The normalized spacial score (nSPS) is 30.8. The summed E-state index contributed by atoms with van der Waals surface area (Å²) in [6.07, 6.45) is 1.76. The van der Waals surface area contributed by atoms with Crippen LogP contribution in [-0.2, 0) is 4.79 Å². The van der Waals surface area contributed by atoms with Gasteiger partial charge in [-0.3, -0.25) is 4.79 Å². The minimum absolute atomic E-state index is 0.0182. The molecule has 0 spiro atoms. The Morgan fingerprint density at radius 3 is 2.46 bits per heavy atom. The van der Waals surface area contributed by atoms with Crippen LogP contribution in [0.15, 0.2) is 11.6 Å². The Balaban J connectivity index is 2.79. The molecule has 70 valence electrons.